The second-order valence-electron chi connectivity index (χ2n) is 5.41. The monoisotopic (exact) mass is 368 g/mol. The average molecular weight is 368 g/mol. The Balaban J connectivity index is 3.35. The molecule has 0 amide bonds. The van der Waals surface area contributed by atoms with E-state index in [-0.39, 0.29) is 26.4 Å². The van der Waals surface area contributed by atoms with Crippen LogP contribution in [-0.4, -0.2) is 136 Å². The molecule has 0 saturated carbocycles. The summed E-state index contributed by atoms with van der Waals surface area (Å²) >= 11 is 0. The molecule has 9 heteroatoms. The van der Waals surface area contributed by atoms with Gasteiger partial charge in [-0.1, -0.05) is 0 Å². The van der Waals surface area contributed by atoms with Crippen LogP contribution in [0.5, 0.6) is 0 Å². The molecular formula is C16H36N2O7. The van der Waals surface area contributed by atoms with Gasteiger partial charge in [-0.2, -0.15) is 0 Å². The number of aliphatic hydroxyl groups is 4. The molecule has 0 aliphatic carbocycles. The molecule has 4 N–H and O–H groups in total. The highest BCUT2D eigenvalue weighted by Crippen LogP contribution is 1.90. The van der Waals surface area contributed by atoms with E-state index in [1.807, 2.05) is 9.80 Å². The first-order chi connectivity index (χ1) is 12.3. The molecule has 0 aromatic carbocycles. The number of aliphatic hydroxyl groups excluding tert-OH is 4. The minimum atomic E-state index is 0.0703. The SMILES string of the molecule is OCCN(CCO)CCOCCOCCOCCN(CCO)CCO. The zero-order valence-electron chi connectivity index (χ0n) is 15.2. The van der Waals surface area contributed by atoms with Crippen LogP contribution in [0.4, 0.5) is 0 Å². The van der Waals surface area contributed by atoms with Crippen molar-refractivity contribution in [3.05, 3.63) is 0 Å². The Bertz CT molecular complexity index is 227. The van der Waals surface area contributed by atoms with Crippen LogP contribution in [0.1, 0.15) is 0 Å². The number of rotatable bonds is 20. The minimum absolute atomic E-state index is 0.0703. The smallest absolute Gasteiger partial charge is 0.0701 e. The third-order valence-electron chi connectivity index (χ3n) is 3.51. The van der Waals surface area contributed by atoms with Gasteiger partial charge in [0.1, 0.15) is 0 Å². The zero-order valence-corrected chi connectivity index (χ0v) is 15.2. The van der Waals surface area contributed by atoms with E-state index in [9.17, 15) is 0 Å². The Labute approximate surface area is 150 Å². The molecule has 25 heavy (non-hydrogen) atoms. The largest absolute Gasteiger partial charge is 0.395 e. The Morgan fingerprint density at radius 3 is 0.960 bits per heavy atom. The molecule has 0 aromatic heterocycles. The average Bonchev–Trinajstić information content (AvgIpc) is 2.60. The highest BCUT2D eigenvalue weighted by Gasteiger charge is 2.04. The molecule has 0 aliphatic heterocycles. The summed E-state index contributed by atoms with van der Waals surface area (Å²) in [6.07, 6.45) is 0. The molecule has 152 valence electrons. The van der Waals surface area contributed by atoms with Gasteiger partial charge in [0.25, 0.3) is 0 Å². The molecule has 0 aromatic rings. The first-order valence-corrected chi connectivity index (χ1v) is 8.89. The van der Waals surface area contributed by atoms with E-state index in [1.54, 1.807) is 0 Å². The van der Waals surface area contributed by atoms with Crippen LogP contribution in [0, 0.1) is 0 Å². The van der Waals surface area contributed by atoms with Gasteiger partial charge in [0, 0.05) is 39.3 Å². The van der Waals surface area contributed by atoms with Crippen LogP contribution in [-0.2, 0) is 14.2 Å². The van der Waals surface area contributed by atoms with E-state index in [0.29, 0.717) is 78.9 Å². The maximum absolute atomic E-state index is 8.89. The van der Waals surface area contributed by atoms with Crippen LogP contribution in [0.2, 0.25) is 0 Å². The maximum atomic E-state index is 8.89. The number of ether oxygens (including phenoxy) is 3. The van der Waals surface area contributed by atoms with E-state index in [0.717, 1.165) is 0 Å². The summed E-state index contributed by atoms with van der Waals surface area (Å²) in [5.41, 5.74) is 0. The predicted molar refractivity (Wildman–Crippen MR) is 93.7 cm³/mol. The van der Waals surface area contributed by atoms with Crippen molar-refractivity contribution < 1.29 is 34.6 Å². The molecule has 0 heterocycles. The van der Waals surface area contributed by atoms with Crippen LogP contribution >= 0.6 is 0 Å². The van der Waals surface area contributed by atoms with Crippen molar-refractivity contribution in [1.29, 1.82) is 0 Å². The van der Waals surface area contributed by atoms with Crippen molar-refractivity contribution >= 4 is 0 Å². The standard InChI is InChI=1S/C16H36N2O7/c19-7-1-17(2-8-20)5-11-23-13-15-25-16-14-24-12-6-18(3-9-21)4-10-22/h19-22H,1-16H2. The number of hydrogen-bond acceptors (Lipinski definition) is 9. The topological polar surface area (TPSA) is 115 Å². The third-order valence-corrected chi connectivity index (χ3v) is 3.51. The van der Waals surface area contributed by atoms with Gasteiger partial charge in [0.05, 0.1) is 66.1 Å². The van der Waals surface area contributed by atoms with E-state index in [1.165, 1.54) is 0 Å². The fraction of sp³-hybridized carbons (Fsp3) is 1.00. The number of nitrogens with zero attached hydrogens (tertiary/aromatic N) is 2. The molecule has 0 rings (SSSR count). The van der Waals surface area contributed by atoms with Crippen molar-refractivity contribution in [3.63, 3.8) is 0 Å². The second kappa shape index (κ2) is 20.0. The van der Waals surface area contributed by atoms with Gasteiger partial charge in [0.15, 0.2) is 0 Å². The van der Waals surface area contributed by atoms with Gasteiger partial charge in [0.2, 0.25) is 0 Å². The molecular weight excluding hydrogens is 332 g/mol. The molecule has 9 nitrogen and oxygen atoms in total. The Morgan fingerprint density at radius 2 is 0.680 bits per heavy atom. The summed E-state index contributed by atoms with van der Waals surface area (Å²) in [6, 6.07) is 0. The molecule has 0 saturated heterocycles. The quantitative estimate of drug-likeness (QED) is 0.175. The predicted octanol–water partition coefficient (Wildman–Crippen LogP) is -2.39. The zero-order chi connectivity index (χ0) is 18.6. The Morgan fingerprint density at radius 1 is 0.400 bits per heavy atom. The van der Waals surface area contributed by atoms with Crippen molar-refractivity contribution in [2.45, 2.75) is 0 Å². The maximum Gasteiger partial charge on any atom is 0.0701 e. The van der Waals surface area contributed by atoms with Crippen molar-refractivity contribution in [2.75, 3.05) is 105 Å². The lowest BCUT2D eigenvalue weighted by Crippen LogP contribution is -2.33. The first-order valence-electron chi connectivity index (χ1n) is 8.89. The summed E-state index contributed by atoms with van der Waals surface area (Å²) in [7, 11) is 0. The molecule has 0 bridgehead atoms. The number of hydrogen-bond donors (Lipinski definition) is 4. The van der Waals surface area contributed by atoms with Crippen LogP contribution in [0.15, 0.2) is 0 Å². The fourth-order valence-electron chi connectivity index (χ4n) is 2.17. The summed E-state index contributed by atoms with van der Waals surface area (Å²) < 4.78 is 16.3. The highest BCUT2D eigenvalue weighted by molar-refractivity contribution is 4.56. The molecule has 0 spiro atoms. The van der Waals surface area contributed by atoms with Gasteiger partial charge < -0.3 is 34.6 Å². The Kier molecular flexibility index (Phi) is 19.7. The van der Waals surface area contributed by atoms with E-state index in [2.05, 4.69) is 0 Å². The molecule has 0 atom stereocenters. The van der Waals surface area contributed by atoms with Crippen molar-refractivity contribution in [2.24, 2.45) is 0 Å². The summed E-state index contributed by atoms with van der Waals surface area (Å²) in [4.78, 5) is 3.87. The van der Waals surface area contributed by atoms with Gasteiger partial charge in [-0.3, -0.25) is 9.80 Å². The van der Waals surface area contributed by atoms with E-state index < -0.39 is 0 Å². The summed E-state index contributed by atoms with van der Waals surface area (Å²) in [6.45, 7) is 6.79. The van der Waals surface area contributed by atoms with Gasteiger partial charge in [-0.25, -0.2) is 0 Å². The lowest BCUT2D eigenvalue weighted by molar-refractivity contribution is 0.00488. The molecule has 0 aliphatic rings. The highest BCUT2D eigenvalue weighted by atomic mass is 16.5. The second-order valence-corrected chi connectivity index (χ2v) is 5.41. The summed E-state index contributed by atoms with van der Waals surface area (Å²) in [5, 5.41) is 35.6. The fourth-order valence-corrected chi connectivity index (χ4v) is 2.17. The summed E-state index contributed by atoms with van der Waals surface area (Å²) in [5.74, 6) is 0. The van der Waals surface area contributed by atoms with Crippen LogP contribution in [0.25, 0.3) is 0 Å². The lowest BCUT2D eigenvalue weighted by atomic mass is 10.4. The minimum Gasteiger partial charge on any atom is -0.395 e. The van der Waals surface area contributed by atoms with Gasteiger partial charge in [-0.05, 0) is 0 Å². The first kappa shape index (κ1) is 24.6. The van der Waals surface area contributed by atoms with Crippen molar-refractivity contribution in [1.82, 2.24) is 9.80 Å². The van der Waals surface area contributed by atoms with E-state index in [4.69, 9.17) is 34.6 Å². The van der Waals surface area contributed by atoms with Gasteiger partial charge >= 0.3 is 0 Å². The Hall–Kier alpha value is -0.360. The van der Waals surface area contributed by atoms with Crippen LogP contribution in [0.3, 0.4) is 0 Å². The molecule has 0 unspecified atom stereocenters. The normalized spacial score (nSPS) is 11.8. The van der Waals surface area contributed by atoms with Gasteiger partial charge in [-0.15, -0.1) is 0 Å². The lowest BCUT2D eigenvalue weighted by Gasteiger charge is -2.20. The molecule has 0 fully saturated rings. The third kappa shape index (κ3) is 16.8. The van der Waals surface area contributed by atoms with Crippen molar-refractivity contribution in [3.8, 4) is 0 Å². The molecule has 0 radical (unpaired) electrons. The van der Waals surface area contributed by atoms with E-state index >= 15 is 0 Å². The van der Waals surface area contributed by atoms with Crippen LogP contribution < -0.4 is 0 Å².